The van der Waals surface area contributed by atoms with Gasteiger partial charge in [0.2, 0.25) is 0 Å². The van der Waals surface area contributed by atoms with Gasteiger partial charge in [0.15, 0.2) is 0 Å². The van der Waals surface area contributed by atoms with Crippen LogP contribution in [0.15, 0.2) is 30.3 Å². The van der Waals surface area contributed by atoms with E-state index in [1.165, 1.54) is 0 Å². The molecule has 12 heavy (non-hydrogen) atoms. The summed E-state index contributed by atoms with van der Waals surface area (Å²) in [5.41, 5.74) is 7.05. The lowest BCUT2D eigenvalue weighted by Crippen LogP contribution is -2.07. The number of anilines is 1. The molecular formula is C9H7BN2. The highest BCUT2D eigenvalue weighted by molar-refractivity contribution is 6.38. The monoisotopic (exact) mass is 154 g/mol. The highest BCUT2D eigenvalue weighted by Crippen LogP contribution is 2.09. The number of hydrogen-bond donors (Lipinski definition) is 1. The molecule has 0 saturated heterocycles. The highest BCUT2D eigenvalue weighted by Gasteiger charge is 1.97. The van der Waals surface area contributed by atoms with Crippen molar-refractivity contribution in [3.63, 3.8) is 0 Å². The minimum absolute atomic E-state index is 0.464. The zero-order valence-corrected chi connectivity index (χ0v) is 6.49. The Balaban J connectivity index is 2.89. The Bertz CT molecular complexity index is 426. The van der Waals surface area contributed by atoms with Crippen LogP contribution in [0.5, 0.6) is 0 Å². The van der Waals surface area contributed by atoms with Gasteiger partial charge in [-0.05, 0) is 17.5 Å². The van der Waals surface area contributed by atoms with Gasteiger partial charge in [-0.2, -0.15) is 0 Å². The molecule has 0 unspecified atom stereocenters. The van der Waals surface area contributed by atoms with Crippen molar-refractivity contribution in [3.05, 3.63) is 30.3 Å². The second-order valence-electron chi connectivity index (χ2n) is 2.65. The lowest BCUT2D eigenvalue weighted by Gasteiger charge is -2.01. The molecule has 0 amide bonds. The van der Waals surface area contributed by atoms with Crippen LogP contribution in [-0.2, 0) is 0 Å². The number of rotatable bonds is 0. The van der Waals surface area contributed by atoms with Crippen molar-refractivity contribution in [3.8, 4) is 0 Å². The predicted octanol–water partition coefficient (Wildman–Crippen LogP) is 0.611. The molecule has 0 aliphatic carbocycles. The van der Waals surface area contributed by atoms with E-state index in [2.05, 4.69) is 4.98 Å². The fourth-order valence-corrected chi connectivity index (χ4v) is 1.22. The first-order valence-corrected chi connectivity index (χ1v) is 3.68. The van der Waals surface area contributed by atoms with Gasteiger partial charge >= 0.3 is 0 Å². The average Bonchev–Trinajstić information content (AvgIpc) is 2.04. The fourth-order valence-electron chi connectivity index (χ4n) is 1.22. The lowest BCUT2D eigenvalue weighted by molar-refractivity contribution is 1.43. The van der Waals surface area contributed by atoms with Crippen molar-refractivity contribution in [1.29, 1.82) is 0 Å². The van der Waals surface area contributed by atoms with E-state index in [4.69, 9.17) is 13.6 Å². The Morgan fingerprint density at radius 3 is 2.83 bits per heavy atom. The molecule has 3 heteroatoms. The van der Waals surface area contributed by atoms with E-state index in [0.717, 1.165) is 10.9 Å². The molecule has 0 aliphatic rings. The standard InChI is InChI=1S/C9H7BN2/c10-7-5-9(11)12-8-4-2-1-3-6(7)8/h1-5H,(H2,11,12). The Kier molecular flexibility index (Phi) is 1.50. The highest BCUT2D eigenvalue weighted by atomic mass is 14.8. The molecule has 2 aromatic rings. The summed E-state index contributed by atoms with van der Waals surface area (Å²) in [6.07, 6.45) is 0. The SMILES string of the molecule is [B]c1cc(N)nc2ccccc12. The molecule has 0 fully saturated rings. The molecule has 2 N–H and O–H groups in total. The maximum atomic E-state index is 5.74. The molecule has 1 aromatic carbocycles. The van der Waals surface area contributed by atoms with Crippen LogP contribution in [0.4, 0.5) is 5.82 Å². The summed E-state index contributed by atoms with van der Waals surface area (Å²) in [7, 11) is 5.74. The van der Waals surface area contributed by atoms with Crippen LogP contribution in [0.2, 0.25) is 0 Å². The molecule has 0 spiro atoms. The Morgan fingerprint density at radius 1 is 1.25 bits per heavy atom. The Labute approximate surface area is 71.8 Å². The molecule has 56 valence electrons. The quantitative estimate of drug-likeness (QED) is 0.564. The number of benzene rings is 1. The minimum Gasteiger partial charge on any atom is -0.384 e. The third-order valence-electron chi connectivity index (χ3n) is 1.77. The largest absolute Gasteiger partial charge is 0.384 e. The van der Waals surface area contributed by atoms with E-state index >= 15 is 0 Å². The number of hydrogen-bond acceptors (Lipinski definition) is 2. The summed E-state index contributed by atoms with van der Waals surface area (Å²) >= 11 is 0. The number of nitrogen functional groups attached to an aromatic ring is 1. The zero-order chi connectivity index (χ0) is 8.55. The molecule has 2 rings (SSSR count). The number of pyridine rings is 1. The van der Waals surface area contributed by atoms with E-state index < -0.39 is 0 Å². The van der Waals surface area contributed by atoms with Gasteiger partial charge in [0.05, 0.1) is 5.52 Å². The van der Waals surface area contributed by atoms with E-state index in [0.29, 0.717) is 11.3 Å². The van der Waals surface area contributed by atoms with Gasteiger partial charge in [-0.25, -0.2) is 4.98 Å². The van der Waals surface area contributed by atoms with Crippen LogP contribution in [0.1, 0.15) is 0 Å². The summed E-state index contributed by atoms with van der Waals surface area (Å²) in [5.74, 6) is 0.464. The number of nitrogens with two attached hydrogens (primary N) is 1. The third kappa shape index (κ3) is 1.03. The first-order valence-electron chi connectivity index (χ1n) is 3.68. The Morgan fingerprint density at radius 2 is 2.00 bits per heavy atom. The van der Waals surface area contributed by atoms with E-state index in [-0.39, 0.29) is 0 Å². The van der Waals surface area contributed by atoms with Gasteiger partial charge in [0.25, 0.3) is 0 Å². The molecule has 0 atom stereocenters. The minimum atomic E-state index is 0.464. The molecular weight excluding hydrogens is 147 g/mol. The molecule has 2 radical (unpaired) electrons. The Hall–Kier alpha value is -1.51. The maximum Gasteiger partial charge on any atom is 0.123 e. The molecule has 2 nitrogen and oxygen atoms in total. The van der Waals surface area contributed by atoms with Crippen LogP contribution >= 0.6 is 0 Å². The summed E-state index contributed by atoms with van der Waals surface area (Å²) < 4.78 is 0. The van der Waals surface area contributed by atoms with Gasteiger partial charge in [0, 0.05) is 0 Å². The topological polar surface area (TPSA) is 38.9 Å². The smallest absolute Gasteiger partial charge is 0.123 e. The van der Waals surface area contributed by atoms with Crippen molar-refractivity contribution in [2.24, 2.45) is 0 Å². The molecule has 0 bridgehead atoms. The van der Waals surface area contributed by atoms with Crippen LogP contribution in [-0.4, -0.2) is 12.8 Å². The molecule has 0 saturated carbocycles. The third-order valence-corrected chi connectivity index (χ3v) is 1.77. The molecule has 0 aliphatic heterocycles. The molecule has 1 heterocycles. The summed E-state index contributed by atoms with van der Waals surface area (Å²) in [5, 5.41) is 0.951. The maximum absolute atomic E-state index is 5.74. The van der Waals surface area contributed by atoms with Crippen molar-refractivity contribution in [1.82, 2.24) is 4.98 Å². The lowest BCUT2D eigenvalue weighted by atomic mass is 9.92. The number of para-hydroxylation sites is 1. The van der Waals surface area contributed by atoms with Crippen LogP contribution < -0.4 is 11.2 Å². The number of fused-ring (bicyclic) bond motifs is 1. The van der Waals surface area contributed by atoms with Crippen LogP contribution in [0.3, 0.4) is 0 Å². The van der Waals surface area contributed by atoms with E-state index in [1.54, 1.807) is 6.07 Å². The second kappa shape index (κ2) is 2.52. The van der Waals surface area contributed by atoms with Crippen molar-refractivity contribution < 1.29 is 0 Å². The summed E-state index contributed by atoms with van der Waals surface area (Å²) in [4.78, 5) is 4.13. The predicted molar refractivity (Wildman–Crippen MR) is 51.5 cm³/mol. The van der Waals surface area contributed by atoms with Gasteiger partial charge in [-0.15, -0.1) is 0 Å². The second-order valence-corrected chi connectivity index (χ2v) is 2.65. The average molecular weight is 154 g/mol. The first-order chi connectivity index (χ1) is 5.77. The number of nitrogens with zero attached hydrogens (tertiary/aromatic N) is 1. The summed E-state index contributed by atoms with van der Waals surface area (Å²) in [6, 6.07) is 9.33. The number of aromatic nitrogens is 1. The van der Waals surface area contributed by atoms with Gasteiger partial charge in [-0.1, -0.05) is 23.7 Å². The van der Waals surface area contributed by atoms with E-state index in [9.17, 15) is 0 Å². The van der Waals surface area contributed by atoms with Crippen LogP contribution in [0, 0.1) is 0 Å². The van der Waals surface area contributed by atoms with Crippen molar-refractivity contribution in [2.75, 3.05) is 5.73 Å². The van der Waals surface area contributed by atoms with Gasteiger partial charge < -0.3 is 5.73 Å². The van der Waals surface area contributed by atoms with Crippen molar-refractivity contribution in [2.45, 2.75) is 0 Å². The zero-order valence-electron chi connectivity index (χ0n) is 6.49. The van der Waals surface area contributed by atoms with Gasteiger partial charge in [0.1, 0.15) is 13.7 Å². The van der Waals surface area contributed by atoms with Crippen molar-refractivity contribution >= 4 is 30.0 Å². The molecule has 1 aromatic heterocycles. The normalized spacial score (nSPS) is 10.3. The summed E-state index contributed by atoms with van der Waals surface area (Å²) in [6.45, 7) is 0. The fraction of sp³-hybridized carbons (Fsp3) is 0. The van der Waals surface area contributed by atoms with Crippen LogP contribution in [0.25, 0.3) is 10.9 Å². The van der Waals surface area contributed by atoms with Gasteiger partial charge in [-0.3, -0.25) is 0 Å². The first kappa shape index (κ1) is 7.16. The van der Waals surface area contributed by atoms with E-state index in [1.807, 2.05) is 24.3 Å².